The van der Waals surface area contributed by atoms with Gasteiger partial charge in [0, 0.05) is 0 Å². The first-order valence-electron chi connectivity index (χ1n) is 8.57. The van der Waals surface area contributed by atoms with Crippen LogP contribution < -0.4 is 0 Å². The Balaban J connectivity index is 2.15. The van der Waals surface area contributed by atoms with Crippen molar-refractivity contribution in [3.8, 4) is 0 Å². The molecule has 3 aromatic carbocycles. The van der Waals surface area contributed by atoms with Crippen LogP contribution in [0.25, 0.3) is 0 Å². The molecule has 3 aromatic rings. The molecule has 0 aromatic heterocycles. The zero-order valence-corrected chi connectivity index (χ0v) is 14.2. The number of aliphatic hydroxyl groups excluding tert-OH is 1. The molecule has 1 aliphatic rings. The van der Waals surface area contributed by atoms with E-state index in [9.17, 15) is 5.11 Å². The fraction of sp³-hybridized carbons (Fsp3) is 0.136. The highest BCUT2D eigenvalue weighted by molar-refractivity contribution is 5.62. The van der Waals surface area contributed by atoms with Crippen molar-refractivity contribution in [2.24, 2.45) is 15.2 Å². The SMILES string of the molecule is OCC1(C(c2ccccc2)(c2ccccc2)c2ccccc2)N=CN=N1. The van der Waals surface area contributed by atoms with Crippen LogP contribution in [0.1, 0.15) is 16.7 Å². The summed E-state index contributed by atoms with van der Waals surface area (Å²) in [5.41, 5.74) is 1.05. The van der Waals surface area contributed by atoms with Gasteiger partial charge in [-0.3, -0.25) is 0 Å². The van der Waals surface area contributed by atoms with Crippen LogP contribution in [0.5, 0.6) is 0 Å². The van der Waals surface area contributed by atoms with Gasteiger partial charge in [0.1, 0.15) is 6.34 Å². The largest absolute Gasteiger partial charge is 0.392 e. The van der Waals surface area contributed by atoms with E-state index in [0.29, 0.717) is 0 Å². The minimum atomic E-state index is -1.16. The van der Waals surface area contributed by atoms with Gasteiger partial charge in [0.05, 0.1) is 12.0 Å². The Morgan fingerprint density at radius 1 is 0.692 bits per heavy atom. The van der Waals surface area contributed by atoms with Gasteiger partial charge in [-0.15, -0.1) is 5.11 Å². The van der Waals surface area contributed by atoms with Crippen LogP contribution in [0.15, 0.2) is 106 Å². The molecule has 26 heavy (non-hydrogen) atoms. The Labute approximate surface area is 152 Å². The summed E-state index contributed by atoms with van der Waals surface area (Å²) in [6.45, 7) is -0.258. The van der Waals surface area contributed by atoms with Gasteiger partial charge in [-0.25, -0.2) is 4.99 Å². The first kappa shape index (κ1) is 16.4. The molecule has 0 saturated carbocycles. The van der Waals surface area contributed by atoms with E-state index in [0.717, 1.165) is 16.7 Å². The summed E-state index contributed by atoms with van der Waals surface area (Å²) < 4.78 is 0. The lowest BCUT2D eigenvalue weighted by molar-refractivity contribution is 0.159. The van der Waals surface area contributed by atoms with Gasteiger partial charge >= 0.3 is 0 Å². The molecular formula is C22H19N3O. The Morgan fingerprint density at radius 3 is 1.42 bits per heavy atom. The van der Waals surface area contributed by atoms with Crippen LogP contribution in [-0.4, -0.2) is 23.7 Å². The number of benzene rings is 3. The van der Waals surface area contributed by atoms with E-state index in [2.05, 4.69) is 51.6 Å². The van der Waals surface area contributed by atoms with Crippen molar-refractivity contribution in [1.29, 1.82) is 0 Å². The van der Waals surface area contributed by atoms with Crippen LogP contribution in [-0.2, 0) is 5.41 Å². The second-order valence-corrected chi connectivity index (χ2v) is 6.28. The van der Waals surface area contributed by atoms with Crippen molar-refractivity contribution < 1.29 is 5.11 Å². The molecule has 128 valence electrons. The number of hydrogen-bond acceptors (Lipinski definition) is 4. The maximum Gasteiger partial charge on any atom is 0.213 e. The van der Waals surface area contributed by atoms with Gasteiger partial charge in [0.2, 0.25) is 5.66 Å². The highest BCUT2D eigenvalue weighted by atomic mass is 16.3. The summed E-state index contributed by atoms with van der Waals surface area (Å²) in [5, 5.41) is 18.9. The lowest BCUT2D eigenvalue weighted by Gasteiger charge is -2.44. The standard InChI is InChI=1S/C22H19N3O/c26-16-21(23-17-24-25-21)22(18-10-4-1-5-11-18,19-12-6-2-7-13-19)20-14-8-3-9-15-20/h1-15,17,26H,16H2. The molecule has 0 amide bonds. The van der Waals surface area contributed by atoms with Crippen LogP contribution in [0.3, 0.4) is 0 Å². The lowest BCUT2D eigenvalue weighted by Crippen LogP contribution is -2.52. The smallest absolute Gasteiger partial charge is 0.213 e. The predicted octanol–water partition coefficient (Wildman–Crippen LogP) is 4.20. The van der Waals surface area contributed by atoms with Crippen molar-refractivity contribution in [2.75, 3.05) is 6.61 Å². The van der Waals surface area contributed by atoms with Crippen LogP contribution in [0.2, 0.25) is 0 Å². The molecule has 0 bridgehead atoms. The second-order valence-electron chi connectivity index (χ2n) is 6.28. The van der Waals surface area contributed by atoms with E-state index < -0.39 is 11.1 Å². The summed E-state index contributed by atoms with van der Waals surface area (Å²) in [5.74, 6) is 0. The van der Waals surface area contributed by atoms with E-state index in [1.54, 1.807) is 0 Å². The number of hydrogen-bond donors (Lipinski definition) is 1. The van der Waals surface area contributed by atoms with Crippen molar-refractivity contribution >= 4 is 6.34 Å². The van der Waals surface area contributed by atoms with Crippen LogP contribution in [0, 0.1) is 0 Å². The third-order valence-corrected chi connectivity index (χ3v) is 4.99. The molecule has 4 nitrogen and oxygen atoms in total. The van der Waals surface area contributed by atoms with E-state index in [1.807, 2.05) is 54.6 Å². The van der Waals surface area contributed by atoms with Crippen molar-refractivity contribution in [2.45, 2.75) is 11.1 Å². The molecule has 1 atom stereocenters. The lowest BCUT2D eigenvalue weighted by atomic mass is 9.62. The fourth-order valence-electron chi connectivity index (χ4n) is 3.89. The second kappa shape index (κ2) is 6.65. The monoisotopic (exact) mass is 341 g/mol. The Bertz CT molecular complexity index is 813. The molecule has 0 radical (unpaired) electrons. The average Bonchev–Trinajstić information content (AvgIpc) is 3.22. The number of aliphatic imine (C=N–C) groups is 1. The number of azo groups is 1. The van der Waals surface area contributed by atoms with Crippen molar-refractivity contribution in [3.63, 3.8) is 0 Å². The van der Waals surface area contributed by atoms with E-state index >= 15 is 0 Å². The zero-order valence-electron chi connectivity index (χ0n) is 14.2. The highest BCUT2D eigenvalue weighted by Gasteiger charge is 2.56. The topological polar surface area (TPSA) is 57.3 Å². The molecule has 0 aliphatic carbocycles. The van der Waals surface area contributed by atoms with Gasteiger partial charge in [0.25, 0.3) is 0 Å². The molecular weight excluding hydrogens is 322 g/mol. The summed E-state index contributed by atoms with van der Waals surface area (Å²) >= 11 is 0. The molecule has 4 heteroatoms. The van der Waals surface area contributed by atoms with Crippen LogP contribution in [0.4, 0.5) is 0 Å². The van der Waals surface area contributed by atoms with Gasteiger partial charge in [-0.2, -0.15) is 5.11 Å². The first-order chi connectivity index (χ1) is 12.8. The van der Waals surface area contributed by atoms with E-state index in [-0.39, 0.29) is 6.61 Å². The van der Waals surface area contributed by atoms with Gasteiger partial charge in [-0.1, -0.05) is 91.0 Å². The molecule has 0 spiro atoms. The number of nitrogens with zero attached hydrogens (tertiary/aromatic N) is 3. The molecule has 0 saturated heterocycles. The molecule has 1 aliphatic heterocycles. The summed E-state index contributed by atoms with van der Waals surface area (Å²) in [6, 6.07) is 30.3. The minimum Gasteiger partial charge on any atom is -0.392 e. The number of aliphatic hydroxyl groups is 1. The zero-order chi connectivity index (χ0) is 17.9. The Kier molecular flexibility index (Phi) is 4.19. The highest BCUT2D eigenvalue weighted by Crippen LogP contribution is 2.50. The third-order valence-electron chi connectivity index (χ3n) is 4.99. The Morgan fingerprint density at radius 2 is 1.12 bits per heavy atom. The summed E-state index contributed by atoms with van der Waals surface area (Å²) in [4.78, 5) is 4.58. The minimum absolute atomic E-state index is 0.258. The molecule has 0 fully saturated rings. The fourth-order valence-corrected chi connectivity index (χ4v) is 3.89. The van der Waals surface area contributed by atoms with Crippen molar-refractivity contribution in [1.82, 2.24) is 0 Å². The molecule has 1 unspecified atom stereocenters. The van der Waals surface area contributed by atoms with E-state index in [4.69, 9.17) is 0 Å². The maximum atomic E-state index is 10.5. The molecule has 4 rings (SSSR count). The summed E-state index contributed by atoms with van der Waals surface area (Å²) in [6.07, 6.45) is 1.43. The van der Waals surface area contributed by atoms with Gasteiger partial charge < -0.3 is 5.11 Å². The van der Waals surface area contributed by atoms with Crippen LogP contribution >= 0.6 is 0 Å². The third kappa shape index (κ3) is 2.30. The summed E-state index contributed by atoms with van der Waals surface area (Å²) in [7, 11) is 0. The molecule has 1 N–H and O–H groups in total. The van der Waals surface area contributed by atoms with Gasteiger partial charge in [0.15, 0.2) is 0 Å². The first-order valence-corrected chi connectivity index (χ1v) is 8.57. The Hall–Kier alpha value is -3.11. The quantitative estimate of drug-likeness (QED) is 0.695. The normalized spacial score (nSPS) is 19.0. The predicted molar refractivity (Wildman–Crippen MR) is 102 cm³/mol. The maximum absolute atomic E-state index is 10.5. The van der Waals surface area contributed by atoms with E-state index in [1.165, 1.54) is 6.34 Å². The van der Waals surface area contributed by atoms with Gasteiger partial charge in [-0.05, 0) is 16.7 Å². The average molecular weight is 341 g/mol. The molecule has 1 heterocycles. The number of rotatable bonds is 5. The van der Waals surface area contributed by atoms with Crippen molar-refractivity contribution in [3.05, 3.63) is 108 Å².